The van der Waals surface area contributed by atoms with Crippen molar-refractivity contribution in [1.29, 1.82) is 0 Å². The van der Waals surface area contributed by atoms with Crippen LogP contribution in [-0.4, -0.2) is 49.1 Å². The van der Waals surface area contributed by atoms with Gasteiger partial charge in [-0.25, -0.2) is 8.78 Å². The van der Waals surface area contributed by atoms with Crippen molar-refractivity contribution in [2.75, 3.05) is 27.2 Å². The fraction of sp³-hybridized carbons (Fsp3) is 0.538. The second-order valence-electron chi connectivity index (χ2n) is 9.61. The SMILES string of the molecule is CN1CCCC1Cc1ccc2c(c1)C(F)C(F)c1cc(CC3CCCN3C)ccc1-2. The van der Waals surface area contributed by atoms with Gasteiger partial charge in [0.2, 0.25) is 0 Å². The number of rotatable bonds is 4. The molecule has 30 heavy (non-hydrogen) atoms. The highest BCUT2D eigenvalue weighted by Crippen LogP contribution is 2.49. The molecule has 2 aromatic carbocycles. The molecular weight excluding hydrogens is 378 g/mol. The Morgan fingerprint density at radius 1 is 0.733 bits per heavy atom. The number of hydrogen-bond acceptors (Lipinski definition) is 2. The van der Waals surface area contributed by atoms with Gasteiger partial charge in [0, 0.05) is 12.1 Å². The van der Waals surface area contributed by atoms with Crippen LogP contribution in [0.4, 0.5) is 8.78 Å². The molecule has 0 N–H and O–H groups in total. The monoisotopic (exact) mass is 410 g/mol. The van der Waals surface area contributed by atoms with Gasteiger partial charge in [-0.3, -0.25) is 0 Å². The van der Waals surface area contributed by atoms with Crippen LogP contribution in [0.15, 0.2) is 36.4 Å². The Bertz CT molecular complexity index is 852. The van der Waals surface area contributed by atoms with Gasteiger partial charge >= 0.3 is 0 Å². The number of fused-ring (bicyclic) bond motifs is 3. The van der Waals surface area contributed by atoms with Crippen LogP contribution in [0, 0.1) is 0 Å². The topological polar surface area (TPSA) is 6.48 Å². The van der Waals surface area contributed by atoms with Crippen LogP contribution in [0.1, 0.15) is 60.3 Å². The van der Waals surface area contributed by atoms with Gasteiger partial charge in [0.05, 0.1) is 0 Å². The number of halogens is 2. The number of hydrogen-bond donors (Lipinski definition) is 0. The number of likely N-dealkylation sites (tertiary alicyclic amines) is 2. The van der Waals surface area contributed by atoms with E-state index in [1.165, 1.54) is 25.7 Å². The van der Waals surface area contributed by atoms with E-state index < -0.39 is 12.3 Å². The molecule has 0 radical (unpaired) electrons. The summed E-state index contributed by atoms with van der Waals surface area (Å²) in [5.41, 5.74) is 5.00. The molecule has 0 aromatic heterocycles. The molecule has 1 aliphatic carbocycles. The fourth-order valence-corrected chi connectivity index (χ4v) is 5.76. The van der Waals surface area contributed by atoms with Gasteiger partial charge in [0.25, 0.3) is 0 Å². The van der Waals surface area contributed by atoms with Crippen molar-refractivity contribution in [3.63, 3.8) is 0 Å². The van der Waals surface area contributed by atoms with Gasteiger partial charge in [-0.1, -0.05) is 36.4 Å². The predicted molar refractivity (Wildman–Crippen MR) is 118 cm³/mol. The summed E-state index contributed by atoms with van der Waals surface area (Å²) in [6.07, 6.45) is 3.45. The minimum Gasteiger partial charge on any atom is -0.303 e. The Hall–Kier alpha value is -1.78. The van der Waals surface area contributed by atoms with E-state index in [1.807, 2.05) is 24.3 Å². The minimum atomic E-state index is -1.59. The number of nitrogens with zero attached hydrogens (tertiary/aromatic N) is 2. The molecule has 2 fully saturated rings. The summed E-state index contributed by atoms with van der Waals surface area (Å²) in [5.74, 6) is 0. The summed E-state index contributed by atoms with van der Waals surface area (Å²) in [6, 6.07) is 13.1. The Kier molecular flexibility index (Phi) is 5.40. The van der Waals surface area contributed by atoms with Crippen molar-refractivity contribution in [2.24, 2.45) is 0 Å². The maximum Gasteiger partial charge on any atom is 0.161 e. The van der Waals surface area contributed by atoms with E-state index in [0.29, 0.717) is 23.2 Å². The van der Waals surface area contributed by atoms with Crippen LogP contribution in [0.2, 0.25) is 0 Å². The minimum absolute atomic E-state index is 0.509. The average molecular weight is 411 g/mol. The second-order valence-corrected chi connectivity index (χ2v) is 9.61. The molecule has 4 atom stereocenters. The largest absolute Gasteiger partial charge is 0.303 e. The summed E-state index contributed by atoms with van der Waals surface area (Å²) < 4.78 is 30.4. The lowest BCUT2D eigenvalue weighted by atomic mass is 9.81. The molecule has 0 amide bonds. The molecule has 2 saturated heterocycles. The number of likely N-dealkylation sites (N-methyl/N-ethyl adjacent to an activating group) is 2. The average Bonchev–Trinajstić information content (AvgIpc) is 3.34. The van der Waals surface area contributed by atoms with Gasteiger partial charge < -0.3 is 9.80 Å². The van der Waals surface area contributed by atoms with Crippen LogP contribution in [-0.2, 0) is 12.8 Å². The lowest BCUT2D eigenvalue weighted by Gasteiger charge is -2.28. The first kappa shape index (κ1) is 20.1. The zero-order valence-corrected chi connectivity index (χ0v) is 18.1. The fourth-order valence-electron chi connectivity index (χ4n) is 5.76. The molecule has 0 spiro atoms. The van der Waals surface area contributed by atoms with E-state index >= 15 is 8.78 Å². The summed E-state index contributed by atoms with van der Waals surface area (Å²) in [4.78, 5) is 4.76. The zero-order chi connectivity index (χ0) is 20.8. The van der Waals surface area contributed by atoms with E-state index in [9.17, 15) is 0 Å². The third-order valence-electron chi connectivity index (χ3n) is 7.66. The molecule has 2 nitrogen and oxygen atoms in total. The summed E-state index contributed by atoms with van der Waals surface area (Å²) in [6.45, 7) is 2.25. The van der Waals surface area contributed by atoms with E-state index in [2.05, 4.69) is 36.0 Å². The Balaban J connectivity index is 1.43. The van der Waals surface area contributed by atoms with Crippen molar-refractivity contribution in [2.45, 2.75) is 63.0 Å². The molecule has 2 aromatic rings. The van der Waals surface area contributed by atoms with E-state index in [0.717, 1.165) is 48.2 Å². The summed E-state index contributed by atoms with van der Waals surface area (Å²) >= 11 is 0. The number of alkyl halides is 2. The van der Waals surface area contributed by atoms with Gasteiger partial charge in [-0.05, 0) is 99.1 Å². The van der Waals surface area contributed by atoms with Gasteiger partial charge in [-0.2, -0.15) is 0 Å². The smallest absolute Gasteiger partial charge is 0.161 e. The molecular formula is C26H32F2N2. The first-order chi connectivity index (χ1) is 14.5. The highest BCUT2D eigenvalue weighted by atomic mass is 19.2. The summed E-state index contributed by atoms with van der Waals surface area (Å²) in [5, 5.41) is 0. The van der Waals surface area contributed by atoms with Crippen LogP contribution < -0.4 is 0 Å². The lowest BCUT2D eigenvalue weighted by Crippen LogP contribution is -2.27. The molecule has 3 aliphatic rings. The number of benzene rings is 2. The molecule has 4 unspecified atom stereocenters. The lowest BCUT2D eigenvalue weighted by molar-refractivity contribution is 0.168. The van der Waals surface area contributed by atoms with E-state index in [1.54, 1.807) is 0 Å². The molecule has 2 aliphatic heterocycles. The first-order valence-corrected chi connectivity index (χ1v) is 11.5. The van der Waals surface area contributed by atoms with E-state index in [-0.39, 0.29) is 0 Å². The zero-order valence-electron chi connectivity index (χ0n) is 18.1. The van der Waals surface area contributed by atoms with Crippen LogP contribution in [0.5, 0.6) is 0 Å². The highest BCUT2D eigenvalue weighted by molar-refractivity contribution is 5.75. The molecule has 0 saturated carbocycles. The first-order valence-electron chi connectivity index (χ1n) is 11.5. The normalized spacial score (nSPS) is 29.2. The Labute approximate surface area is 178 Å². The Morgan fingerprint density at radius 3 is 1.53 bits per heavy atom. The standard InChI is InChI=1S/C26H32F2N2/c1-29-11-3-5-19(29)13-17-7-9-21-22-10-8-18(14-20-6-4-12-30(20)2)16-24(22)26(28)25(27)23(21)15-17/h7-10,15-16,19-20,25-26H,3-6,11-14H2,1-2H3. The molecule has 160 valence electrons. The van der Waals surface area contributed by atoms with Gasteiger partial charge in [0.1, 0.15) is 0 Å². The van der Waals surface area contributed by atoms with Crippen molar-refractivity contribution < 1.29 is 8.78 Å². The van der Waals surface area contributed by atoms with Crippen LogP contribution in [0.3, 0.4) is 0 Å². The van der Waals surface area contributed by atoms with Crippen molar-refractivity contribution in [3.8, 4) is 11.1 Å². The van der Waals surface area contributed by atoms with E-state index in [4.69, 9.17) is 0 Å². The maximum absolute atomic E-state index is 15.2. The van der Waals surface area contributed by atoms with Crippen LogP contribution in [0.25, 0.3) is 11.1 Å². The quantitative estimate of drug-likeness (QED) is 0.642. The maximum atomic E-state index is 15.2. The Morgan fingerprint density at radius 2 is 1.17 bits per heavy atom. The van der Waals surface area contributed by atoms with Crippen molar-refractivity contribution in [1.82, 2.24) is 9.80 Å². The predicted octanol–water partition coefficient (Wildman–Crippen LogP) is 5.66. The third kappa shape index (κ3) is 3.58. The molecule has 2 heterocycles. The van der Waals surface area contributed by atoms with Crippen molar-refractivity contribution >= 4 is 0 Å². The molecule has 5 rings (SSSR count). The van der Waals surface area contributed by atoms with Crippen molar-refractivity contribution in [3.05, 3.63) is 58.7 Å². The summed E-state index contributed by atoms with van der Waals surface area (Å²) in [7, 11) is 4.31. The van der Waals surface area contributed by atoms with Crippen LogP contribution >= 0.6 is 0 Å². The second kappa shape index (κ2) is 8.05. The highest BCUT2D eigenvalue weighted by Gasteiger charge is 2.35. The van der Waals surface area contributed by atoms with Gasteiger partial charge in [-0.15, -0.1) is 0 Å². The van der Waals surface area contributed by atoms with Gasteiger partial charge in [0.15, 0.2) is 12.3 Å². The molecule has 0 bridgehead atoms. The molecule has 4 heteroatoms. The third-order valence-corrected chi connectivity index (χ3v) is 7.66.